The number of aromatic nitrogens is 2. The first-order valence-electron chi connectivity index (χ1n) is 6.81. The molecule has 2 aliphatic heterocycles. The van der Waals surface area contributed by atoms with Crippen LogP contribution in [0.2, 0.25) is 0 Å². The van der Waals surface area contributed by atoms with E-state index in [1.807, 2.05) is 12.4 Å². The first-order chi connectivity index (χ1) is 8.92. The fraction of sp³-hybridized carbons (Fsp3) is 0.692. The molecule has 0 amide bonds. The molecule has 0 aromatic carbocycles. The summed E-state index contributed by atoms with van der Waals surface area (Å²) in [6.07, 6.45) is 8.17. The highest BCUT2D eigenvalue weighted by atomic mass is 16.5. The lowest BCUT2D eigenvalue weighted by Gasteiger charge is -2.23. The Morgan fingerprint density at radius 1 is 1.22 bits per heavy atom. The van der Waals surface area contributed by atoms with Crippen LogP contribution < -0.4 is 10.6 Å². The maximum atomic E-state index is 5.36. The van der Waals surface area contributed by atoms with Crippen LogP contribution in [-0.4, -0.2) is 35.8 Å². The summed E-state index contributed by atoms with van der Waals surface area (Å²) in [4.78, 5) is 8.97. The lowest BCUT2D eigenvalue weighted by molar-refractivity contribution is 0.0904. The Hall–Kier alpha value is -1.20. The van der Waals surface area contributed by atoms with E-state index in [0.717, 1.165) is 50.5 Å². The van der Waals surface area contributed by atoms with Gasteiger partial charge in [0.2, 0.25) is 0 Å². The number of nitrogens with one attached hydrogen (secondary N) is 2. The summed E-state index contributed by atoms with van der Waals surface area (Å²) in [5.41, 5.74) is 1.06. The van der Waals surface area contributed by atoms with Crippen molar-refractivity contribution < 1.29 is 4.74 Å². The molecule has 2 saturated heterocycles. The number of ether oxygens (including phenoxy) is 1. The lowest BCUT2D eigenvalue weighted by Crippen LogP contribution is -2.28. The number of hydrogen-bond donors (Lipinski definition) is 2. The molecule has 2 N–H and O–H groups in total. The van der Waals surface area contributed by atoms with Gasteiger partial charge in [0.05, 0.1) is 24.1 Å². The molecule has 2 fully saturated rings. The molecule has 5 nitrogen and oxygen atoms in total. The molecule has 0 aliphatic carbocycles. The van der Waals surface area contributed by atoms with Gasteiger partial charge in [-0.05, 0) is 32.2 Å². The highest BCUT2D eigenvalue weighted by molar-refractivity contribution is 5.34. The number of anilines is 1. The molecular weight excluding hydrogens is 228 g/mol. The van der Waals surface area contributed by atoms with Gasteiger partial charge >= 0.3 is 0 Å². The van der Waals surface area contributed by atoms with E-state index in [0.29, 0.717) is 12.1 Å². The monoisotopic (exact) mass is 248 g/mol. The molecule has 1 aromatic rings. The molecule has 1 aromatic heterocycles. The highest BCUT2D eigenvalue weighted by Gasteiger charge is 2.19. The van der Waals surface area contributed by atoms with Crippen molar-refractivity contribution in [2.45, 2.75) is 37.8 Å². The first kappa shape index (κ1) is 11.9. The topological polar surface area (TPSA) is 59.1 Å². The van der Waals surface area contributed by atoms with Crippen molar-refractivity contribution in [3.8, 4) is 0 Å². The minimum atomic E-state index is 0.383. The van der Waals surface area contributed by atoms with E-state index >= 15 is 0 Å². The van der Waals surface area contributed by atoms with E-state index in [9.17, 15) is 0 Å². The van der Waals surface area contributed by atoms with Crippen LogP contribution in [0.3, 0.4) is 0 Å². The van der Waals surface area contributed by atoms with Gasteiger partial charge in [-0.15, -0.1) is 0 Å². The zero-order chi connectivity index (χ0) is 12.2. The van der Waals surface area contributed by atoms with Gasteiger partial charge < -0.3 is 15.4 Å². The first-order valence-corrected chi connectivity index (χ1v) is 6.81. The highest BCUT2D eigenvalue weighted by Crippen LogP contribution is 2.22. The number of rotatable bonds is 3. The second kappa shape index (κ2) is 5.63. The molecule has 3 heterocycles. The quantitative estimate of drug-likeness (QED) is 0.848. The van der Waals surface area contributed by atoms with Crippen LogP contribution in [0.15, 0.2) is 12.4 Å². The predicted molar refractivity (Wildman–Crippen MR) is 69.5 cm³/mol. The second-order valence-corrected chi connectivity index (χ2v) is 5.01. The smallest absolute Gasteiger partial charge is 0.145 e. The Bertz CT molecular complexity index is 386. The fourth-order valence-corrected chi connectivity index (χ4v) is 2.61. The molecular formula is C13H20N4O. The summed E-state index contributed by atoms with van der Waals surface area (Å²) in [5.74, 6) is 0.896. The fourth-order valence-electron chi connectivity index (χ4n) is 2.61. The van der Waals surface area contributed by atoms with E-state index in [2.05, 4.69) is 20.6 Å². The van der Waals surface area contributed by atoms with Crippen LogP contribution in [0, 0.1) is 0 Å². The van der Waals surface area contributed by atoms with Gasteiger partial charge in [0.25, 0.3) is 0 Å². The molecule has 0 radical (unpaired) electrons. The number of hydrogen-bond acceptors (Lipinski definition) is 5. The van der Waals surface area contributed by atoms with Gasteiger partial charge in [0.1, 0.15) is 5.82 Å². The van der Waals surface area contributed by atoms with Crippen LogP contribution in [0.1, 0.15) is 37.4 Å². The molecule has 0 spiro atoms. The standard InChI is InChI=1S/C13H20N4O/c1-2-11(15-5-1)12-8-14-9-13(17-12)16-10-3-6-18-7-4-10/h8-11,15H,1-7H2,(H,16,17). The molecule has 0 saturated carbocycles. The van der Waals surface area contributed by atoms with Crippen LogP contribution >= 0.6 is 0 Å². The maximum Gasteiger partial charge on any atom is 0.145 e. The SMILES string of the molecule is c1ncc(C2CCCN2)nc1NC1CCOCC1. The molecule has 0 bridgehead atoms. The summed E-state index contributed by atoms with van der Waals surface area (Å²) in [6.45, 7) is 2.77. The summed E-state index contributed by atoms with van der Waals surface area (Å²) in [5, 5.41) is 6.92. The Morgan fingerprint density at radius 2 is 2.11 bits per heavy atom. The van der Waals surface area contributed by atoms with E-state index in [4.69, 9.17) is 4.74 Å². The van der Waals surface area contributed by atoms with Gasteiger partial charge in [-0.25, -0.2) is 4.98 Å². The van der Waals surface area contributed by atoms with Gasteiger partial charge in [-0.2, -0.15) is 0 Å². The minimum Gasteiger partial charge on any atom is -0.381 e. The minimum absolute atomic E-state index is 0.383. The largest absolute Gasteiger partial charge is 0.381 e. The Kier molecular flexibility index (Phi) is 3.71. The molecule has 5 heteroatoms. The zero-order valence-corrected chi connectivity index (χ0v) is 10.6. The van der Waals surface area contributed by atoms with Crippen molar-refractivity contribution in [3.63, 3.8) is 0 Å². The predicted octanol–water partition coefficient (Wildman–Crippen LogP) is 1.49. The molecule has 2 aliphatic rings. The molecule has 18 heavy (non-hydrogen) atoms. The van der Waals surface area contributed by atoms with Crippen LogP contribution in [0.25, 0.3) is 0 Å². The van der Waals surface area contributed by atoms with Gasteiger partial charge in [-0.1, -0.05) is 0 Å². The summed E-state index contributed by atoms with van der Waals surface area (Å²) in [7, 11) is 0. The molecule has 3 rings (SSSR count). The van der Waals surface area contributed by atoms with Gasteiger partial charge in [0.15, 0.2) is 0 Å². The van der Waals surface area contributed by atoms with E-state index in [1.165, 1.54) is 6.42 Å². The average Bonchev–Trinajstić information content (AvgIpc) is 2.94. The summed E-state index contributed by atoms with van der Waals surface area (Å²) in [6, 6.07) is 0.855. The Balaban J connectivity index is 1.66. The van der Waals surface area contributed by atoms with Gasteiger partial charge in [-0.3, -0.25) is 4.98 Å². The lowest BCUT2D eigenvalue weighted by atomic mass is 10.1. The average molecular weight is 248 g/mol. The van der Waals surface area contributed by atoms with E-state index in [1.54, 1.807) is 0 Å². The van der Waals surface area contributed by atoms with Crippen molar-refractivity contribution in [1.82, 2.24) is 15.3 Å². The van der Waals surface area contributed by atoms with Crippen molar-refractivity contribution in [2.75, 3.05) is 25.1 Å². The van der Waals surface area contributed by atoms with Crippen molar-refractivity contribution in [2.24, 2.45) is 0 Å². The van der Waals surface area contributed by atoms with Crippen molar-refractivity contribution >= 4 is 5.82 Å². The van der Waals surface area contributed by atoms with E-state index < -0.39 is 0 Å². The third kappa shape index (κ3) is 2.79. The summed E-state index contributed by atoms with van der Waals surface area (Å²) < 4.78 is 5.36. The van der Waals surface area contributed by atoms with Crippen LogP contribution in [0.5, 0.6) is 0 Å². The third-order valence-electron chi connectivity index (χ3n) is 3.64. The Labute approximate surface area is 107 Å². The van der Waals surface area contributed by atoms with Crippen molar-refractivity contribution in [3.05, 3.63) is 18.1 Å². The Morgan fingerprint density at radius 3 is 2.89 bits per heavy atom. The van der Waals surface area contributed by atoms with E-state index in [-0.39, 0.29) is 0 Å². The zero-order valence-electron chi connectivity index (χ0n) is 10.6. The second-order valence-electron chi connectivity index (χ2n) is 5.01. The maximum absolute atomic E-state index is 5.36. The molecule has 1 atom stereocenters. The molecule has 1 unspecified atom stereocenters. The number of nitrogens with zero attached hydrogens (tertiary/aromatic N) is 2. The summed E-state index contributed by atoms with van der Waals surface area (Å²) >= 11 is 0. The van der Waals surface area contributed by atoms with Crippen LogP contribution in [0.4, 0.5) is 5.82 Å². The molecule has 98 valence electrons. The normalized spacial score (nSPS) is 25.2. The van der Waals surface area contributed by atoms with Crippen LogP contribution in [-0.2, 0) is 4.74 Å². The van der Waals surface area contributed by atoms with Crippen molar-refractivity contribution in [1.29, 1.82) is 0 Å². The van der Waals surface area contributed by atoms with Gasteiger partial charge in [0, 0.05) is 19.3 Å². The third-order valence-corrected chi connectivity index (χ3v) is 3.64.